The number of H-pyrrole nitrogens is 1. The lowest BCUT2D eigenvalue weighted by atomic mass is 10.2. The number of ether oxygens (including phenoxy) is 1. The number of aromatic nitrogens is 4. The van der Waals surface area contributed by atoms with Gasteiger partial charge in [0.15, 0.2) is 11.2 Å². The first-order chi connectivity index (χ1) is 10.0. The van der Waals surface area contributed by atoms with Crippen molar-refractivity contribution in [1.82, 2.24) is 19.5 Å². The van der Waals surface area contributed by atoms with Crippen molar-refractivity contribution >= 4 is 23.0 Å². The summed E-state index contributed by atoms with van der Waals surface area (Å²) in [6.45, 7) is 5.71. The van der Waals surface area contributed by atoms with Gasteiger partial charge >= 0.3 is 0 Å². The van der Waals surface area contributed by atoms with Gasteiger partial charge in [0, 0.05) is 6.92 Å². The van der Waals surface area contributed by atoms with Gasteiger partial charge in [-0.2, -0.15) is 4.98 Å². The number of carbonyl (C=O) groups is 1. The second-order valence-electron chi connectivity index (χ2n) is 4.72. The third-order valence-corrected chi connectivity index (χ3v) is 3.13. The average molecular weight is 293 g/mol. The van der Waals surface area contributed by atoms with Crippen LogP contribution in [0.1, 0.15) is 33.6 Å². The molecular formula is C13H19N5O3. The molecule has 0 aliphatic heterocycles. The van der Waals surface area contributed by atoms with E-state index >= 15 is 0 Å². The molecule has 0 bridgehead atoms. The highest BCUT2D eigenvalue weighted by Crippen LogP contribution is 2.10. The van der Waals surface area contributed by atoms with E-state index in [1.807, 2.05) is 0 Å². The maximum Gasteiger partial charge on any atom is 0.280 e. The number of fused-ring (bicyclic) bond motifs is 1. The lowest BCUT2D eigenvalue weighted by Gasteiger charge is -2.14. The number of aromatic amines is 1. The third-order valence-electron chi connectivity index (χ3n) is 3.13. The van der Waals surface area contributed by atoms with E-state index in [9.17, 15) is 9.59 Å². The molecule has 0 aliphatic rings. The van der Waals surface area contributed by atoms with Crippen LogP contribution in [0.2, 0.25) is 0 Å². The first kappa shape index (κ1) is 15.2. The van der Waals surface area contributed by atoms with Crippen LogP contribution in [0, 0.1) is 0 Å². The molecule has 2 N–H and O–H groups in total. The first-order valence-corrected chi connectivity index (χ1v) is 6.89. The number of rotatable bonds is 6. The minimum atomic E-state index is -0.398. The normalized spacial score (nSPS) is 11.2. The molecule has 2 heterocycles. The summed E-state index contributed by atoms with van der Waals surface area (Å²) in [4.78, 5) is 33.6. The van der Waals surface area contributed by atoms with Crippen LogP contribution >= 0.6 is 0 Å². The molecule has 8 nitrogen and oxygen atoms in total. The number of amides is 1. The van der Waals surface area contributed by atoms with Crippen molar-refractivity contribution in [3.63, 3.8) is 0 Å². The molecule has 0 saturated carbocycles. The number of nitrogens with zero attached hydrogens (tertiary/aromatic N) is 3. The highest BCUT2D eigenvalue weighted by Gasteiger charge is 2.12. The minimum absolute atomic E-state index is 0.101. The Hall–Kier alpha value is -2.22. The summed E-state index contributed by atoms with van der Waals surface area (Å²) in [5.41, 5.74) is 0.204. The van der Waals surface area contributed by atoms with E-state index < -0.39 is 5.56 Å². The molecular weight excluding hydrogens is 274 g/mol. The maximum atomic E-state index is 11.9. The fourth-order valence-corrected chi connectivity index (χ4v) is 1.98. The maximum absolute atomic E-state index is 11.9. The van der Waals surface area contributed by atoms with Gasteiger partial charge in [-0.25, -0.2) is 4.98 Å². The number of imidazole rings is 1. The summed E-state index contributed by atoms with van der Waals surface area (Å²) in [5, 5.41) is 2.45. The Morgan fingerprint density at radius 2 is 2.19 bits per heavy atom. The molecule has 0 aliphatic carbocycles. The Morgan fingerprint density at radius 1 is 1.48 bits per heavy atom. The van der Waals surface area contributed by atoms with Gasteiger partial charge in [-0.15, -0.1) is 0 Å². The van der Waals surface area contributed by atoms with Crippen molar-refractivity contribution in [2.75, 3.05) is 5.32 Å². The quantitative estimate of drug-likeness (QED) is 0.834. The summed E-state index contributed by atoms with van der Waals surface area (Å²) in [6.07, 6.45) is 3.48. The van der Waals surface area contributed by atoms with Crippen LogP contribution in [0.3, 0.4) is 0 Å². The van der Waals surface area contributed by atoms with Crippen LogP contribution in [-0.4, -0.2) is 31.5 Å². The van der Waals surface area contributed by atoms with E-state index in [-0.39, 0.29) is 30.2 Å². The molecule has 0 spiro atoms. The van der Waals surface area contributed by atoms with Crippen LogP contribution in [0.15, 0.2) is 11.1 Å². The fourth-order valence-electron chi connectivity index (χ4n) is 1.98. The van der Waals surface area contributed by atoms with Crippen LogP contribution in [0.4, 0.5) is 5.95 Å². The van der Waals surface area contributed by atoms with Crippen molar-refractivity contribution in [2.24, 2.45) is 0 Å². The minimum Gasteiger partial charge on any atom is -0.357 e. The lowest BCUT2D eigenvalue weighted by molar-refractivity contribution is -0.114. The SMILES string of the molecule is CCC(CC)OCn1cnc2c(=O)[nH]c(NC(C)=O)nc21. The number of hydrogen-bond acceptors (Lipinski definition) is 5. The van der Waals surface area contributed by atoms with Crippen molar-refractivity contribution < 1.29 is 9.53 Å². The monoisotopic (exact) mass is 293 g/mol. The molecule has 0 atom stereocenters. The Morgan fingerprint density at radius 3 is 2.81 bits per heavy atom. The Balaban J connectivity index is 2.30. The number of nitrogens with one attached hydrogen (secondary N) is 2. The second kappa shape index (κ2) is 6.49. The molecule has 2 rings (SSSR count). The zero-order valence-corrected chi connectivity index (χ0v) is 12.3. The largest absolute Gasteiger partial charge is 0.357 e. The molecule has 2 aromatic rings. The standard InChI is InChI=1S/C13H19N5O3/c1-4-9(5-2)21-7-18-6-14-10-11(18)16-13(15-8(3)19)17-12(10)20/h6,9H,4-5,7H2,1-3H3,(H2,15,16,17,19,20). The number of carbonyl (C=O) groups excluding carboxylic acids is 1. The summed E-state index contributed by atoms with van der Waals surface area (Å²) in [6, 6.07) is 0. The fraction of sp³-hybridized carbons (Fsp3) is 0.538. The average Bonchev–Trinajstić information content (AvgIpc) is 2.83. The summed E-state index contributed by atoms with van der Waals surface area (Å²) in [5.74, 6) is -0.207. The highest BCUT2D eigenvalue weighted by atomic mass is 16.5. The van der Waals surface area contributed by atoms with Gasteiger partial charge in [0.1, 0.15) is 6.73 Å². The van der Waals surface area contributed by atoms with Gasteiger partial charge in [-0.05, 0) is 12.8 Å². The zero-order chi connectivity index (χ0) is 15.4. The van der Waals surface area contributed by atoms with Crippen molar-refractivity contribution in [3.05, 3.63) is 16.7 Å². The van der Waals surface area contributed by atoms with E-state index in [0.29, 0.717) is 5.65 Å². The molecule has 2 aromatic heterocycles. The predicted molar refractivity (Wildman–Crippen MR) is 77.9 cm³/mol. The third kappa shape index (κ3) is 3.46. The summed E-state index contributed by atoms with van der Waals surface area (Å²) < 4.78 is 7.38. The van der Waals surface area contributed by atoms with Gasteiger partial charge in [0.2, 0.25) is 11.9 Å². The molecule has 21 heavy (non-hydrogen) atoms. The van der Waals surface area contributed by atoms with E-state index in [1.54, 1.807) is 4.57 Å². The van der Waals surface area contributed by atoms with Crippen molar-refractivity contribution in [2.45, 2.75) is 46.4 Å². The lowest BCUT2D eigenvalue weighted by Crippen LogP contribution is -2.17. The first-order valence-electron chi connectivity index (χ1n) is 6.89. The van der Waals surface area contributed by atoms with Gasteiger partial charge in [-0.3, -0.25) is 24.5 Å². The zero-order valence-electron chi connectivity index (χ0n) is 12.3. The van der Waals surface area contributed by atoms with E-state index in [0.717, 1.165) is 12.8 Å². The van der Waals surface area contributed by atoms with E-state index in [2.05, 4.69) is 34.1 Å². The van der Waals surface area contributed by atoms with Crippen LogP contribution in [0.5, 0.6) is 0 Å². The van der Waals surface area contributed by atoms with Gasteiger partial charge in [0.05, 0.1) is 12.4 Å². The van der Waals surface area contributed by atoms with Crippen molar-refractivity contribution in [1.29, 1.82) is 0 Å². The van der Waals surface area contributed by atoms with Crippen molar-refractivity contribution in [3.8, 4) is 0 Å². The molecule has 0 unspecified atom stereocenters. The van der Waals surface area contributed by atoms with Crippen LogP contribution in [-0.2, 0) is 16.3 Å². The molecule has 0 saturated heterocycles. The molecule has 1 amide bonds. The molecule has 0 fully saturated rings. The molecule has 8 heteroatoms. The van der Waals surface area contributed by atoms with Gasteiger partial charge in [0.25, 0.3) is 5.56 Å². The van der Waals surface area contributed by atoms with E-state index in [1.165, 1.54) is 13.3 Å². The molecule has 114 valence electrons. The van der Waals surface area contributed by atoms with Gasteiger partial charge < -0.3 is 4.74 Å². The summed E-state index contributed by atoms with van der Waals surface area (Å²) >= 11 is 0. The number of anilines is 1. The van der Waals surface area contributed by atoms with E-state index in [4.69, 9.17) is 4.74 Å². The second-order valence-corrected chi connectivity index (χ2v) is 4.72. The highest BCUT2D eigenvalue weighted by molar-refractivity contribution is 5.87. The Labute approximate surface area is 121 Å². The smallest absolute Gasteiger partial charge is 0.280 e. The molecule has 0 radical (unpaired) electrons. The Bertz CT molecular complexity index is 687. The topological polar surface area (TPSA) is 102 Å². The van der Waals surface area contributed by atoms with Crippen LogP contribution in [0.25, 0.3) is 11.2 Å². The predicted octanol–water partition coefficient (Wildman–Crippen LogP) is 1.24. The Kier molecular flexibility index (Phi) is 4.69. The van der Waals surface area contributed by atoms with Crippen LogP contribution < -0.4 is 10.9 Å². The van der Waals surface area contributed by atoms with Gasteiger partial charge in [-0.1, -0.05) is 13.8 Å². The molecule has 0 aromatic carbocycles. The summed E-state index contributed by atoms with van der Waals surface area (Å²) in [7, 11) is 0. The number of hydrogen-bond donors (Lipinski definition) is 2.